The molecule has 1 aliphatic rings. The van der Waals surface area contributed by atoms with E-state index in [1.807, 2.05) is 48.3 Å². The quantitative estimate of drug-likeness (QED) is 0.767. The van der Waals surface area contributed by atoms with Gasteiger partial charge in [0.15, 0.2) is 0 Å². The highest BCUT2D eigenvalue weighted by Crippen LogP contribution is 2.21. The molecule has 27 heavy (non-hydrogen) atoms. The second-order valence-electron chi connectivity index (χ2n) is 7.01. The van der Waals surface area contributed by atoms with Crippen LogP contribution in [0.4, 0.5) is 0 Å². The van der Waals surface area contributed by atoms with Gasteiger partial charge in [0.25, 0.3) is 0 Å². The Labute approximate surface area is 164 Å². The summed E-state index contributed by atoms with van der Waals surface area (Å²) >= 11 is 5.91. The van der Waals surface area contributed by atoms with Crippen molar-refractivity contribution in [1.82, 2.24) is 14.8 Å². The molecule has 1 aromatic heterocycles. The number of benzene rings is 1. The van der Waals surface area contributed by atoms with Crippen LogP contribution in [0, 0.1) is 5.92 Å². The van der Waals surface area contributed by atoms with E-state index in [1.165, 1.54) is 0 Å². The van der Waals surface area contributed by atoms with Crippen LogP contribution in [0.5, 0.6) is 0 Å². The Hall–Kier alpha value is -2.40. The minimum Gasteiger partial charge on any atom is -0.342 e. The molecule has 3 rings (SSSR count). The van der Waals surface area contributed by atoms with Crippen molar-refractivity contribution in [1.29, 1.82) is 0 Å². The van der Waals surface area contributed by atoms with E-state index in [-0.39, 0.29) is 17.7 Å². The number of carbonyl (C=O) groups excluding carboxylic acids is 2. The average molecular weight is 386 g/mol. The first-order chi connectivity index (χ1) is 13.0. The third kappa shape index (κ3) is 5.30. The predicted octanol–water partition coefficient (Wildman–Crippen LogP) is 3.17. The van der Waals surface area contributed by atoms with Gasteiger partial charge in [0.2, 0.25) is 11.8 Å². The minimum atomic E-state index is -0.144. The van der Waals surface area contributed by atoms with Crippen LogP contribution in [-0.2, 0) is 22.6 Å². The van der Waals surface area contributed by atoms with E-state index in [2.05, 4.69) is 4.98 Å². The zero-order chi connectivity index (χ0) is 19.2. The number of carbonyl (C=O) groups is 2. The smallest absolute Gasteiger partial charge is 0.227 e. The Morgan fingerprint density at radius 1 is 1.26 bits per heavy atom. The number of hydrogen-bond acceptors (Lipinski definition) is 3. The van der Waals surface area contributed by atoms with Crippen molar-refractivity contribution >= 4 is 23.4 Å². The summed E-state index contributed by atoms with van der Waals surface area (Å²) in [5.74, 6) is 0.0698. The van der Waals surface area contributed by atoms with Crippen molar-refractivity contribution in [2.24, 2.45) is 5.92 Å². The summed E-state index contributed by atoms with van der Waals surface area (Å²) in [6, 6.07) is 11.5. The van der Waals surface area contributed by atoms with E-state index in [9.17, 15) is 9.59 Å². The summed E-state index contributed by atoms with van der Waals surface area (Å²) in [7, 11) is 1.81. The van der Waals surface area contributed by atoms with Crippen LogP contribution in [-0.4, -0.2) is 46.7 Å². The first-order valence-corrected chi connectivity index (χ1v) is 9.57. The van der Waals surface area contributed by atoms with Crippen molar-refractivity contribution in [3.8, 4) is 0 Å². The van der Waals surface area contributed by atoms with Crippen molar-refractivity contribution in [2.75, 3.05) is 20.1 Å². The molecule has 1 fully saturated rings. The average Bonchev–Trinajstić information content (AvgIpc) is 2.69. The third-order valence-electron chi connectivity index (χ3n) is 4.95. The number of hydrogen-bond donors (Lipinski definition) is 0. The van der Waals surface area contributed by atoms with Crippen LogP contribution in [0.2, 0.25) is 5.02 Å². The van der Waals surface area contributed by atoms with Crippen molar-refractivity contribution in [3.63, 3.8) is 0 Å². The van der Waals surface area contributed by atoms with Gasteiger partial charge in [-0.25, -0.2) is 0 Å². The largest absolute Gasteiger partial charge is 0.342 e. The molecule has 2 amide bonds. The summed E-state index contributed by atoms with van der Waals surface area (Å²) in [6.07, 6.45) is 5.29. The van der Waals surface area contributed by atoms with Crippen LogP contribution in [0.1, 0.15) is 24.0 Å². The fourth-order valence-corrected chi connectivity index (χ4v) is 3.53. The van der Waals surface area contributed by atoms with E-state index in [0.717, 1.165) is 17.5 Å². The zero-order valence-electron chi connectivity index (χ0n) is 15.5. The number of likely N-dealkylation sites (tertiary alicyclic amines) is 1. The first kappa shape index (κ1) is 19.4. The monoisotopic (exact) mass is 385 g/mol. The molecule has 1 saturated heterocycles. The lowest BCUT2D eigenvalue weighted by Crippen LogP contribution is -2.46. The number of amides is 2. The summed E-state index contributed by atoms with van der Waals surface area (Å²) in [6.45, 7) is 1.64. The summed E-state index contributed by atoms with van der Waals surface area (Å²) in [5.41, 5.74) is 2.13. The molecular weight excluding hydrogens is 362 g/mol. The fourth-order valence-electron chi connectivity index (χ4n) is 3.40. The topological polar surface area (TPSA) is 53.5 Å². The van der Waals surface area contributed by atoms with E-state index in [0.29, 0.717) is 37.5 Å². The number of aromatic nitrogens is 1. The molecule has 0 bridgehead atoms. The molecule has 6 heteroatoms. The normalized spacial score (nSPS) is 17.0. The molecule has 5 nitrogen and oxygen atoms in total. The van der Waals surface area contributed by atoms with Crippen molar-refractivity contribution in [2.45, 2.75) is 25.8 Å². The highest BCUT2D eigenvalue weighted by molar-refractivity contribution is 6.30. The number of pyridine rings is 1. The molecule has 1 aliphatic heterocycles. The van der Waals surface area contributed by atoms with Gasteiger partial charge >= 0.3 is 0 Å². The van der Waals surface area contributed by atoms with Gasteiger partial charge in [0.1, 0.15) is 0 Å². The summed E-state index contributed by atoms with van der Waals surface area (Å²) in [4.78, 5) is 32.7. The Bertz CT molecular complexity index is 780. The van der Waals surface area contributed by atoms with Gasteiger partial charge in [0.05, 0.1) is 5.92 Å². The third-order valence-corrected chi connectivity index (χ3v) is 5.20. The van der Waals surface area contributed by atoms with Gasteiger partial charge in [-0.3, -0.25) is 14.6 Å². The lowest BCUT2D eigenvalue weighted by atomic mass is 9.95. The molecule has 2 heterocycles. The number of halogens is 1. The lowest BCUT2D eigenvalue weighted by Gasteiger charge is -2.34. The maximum atomic E-state index is 12.8. The van der Waals surface area contributed by atoms with Gasteiger partial charge in [-0.15, -0.1) is 0 Å². The molecular formula is C21H24ClN3O2. The first-order valence-electron chi connectivity index (χ1n) is 9.19. The Balaban J connectivity index is 1.56. The highest BCUT2D eigenvalue weighted by atomic mass is 35.5. The summed E-state index contributed by atoms with van der Waals surface area (Å²) in [5, 5.41) is 0.704. The van der Waals surface area contributed by atoms with Crippen LogP contribution in [0.25, 0.3) is 0 Å². The van der Waals surface area contributed by atoms with Gasteiger partial charge in [0, 0.05) is 50.5 Å². The molecule has 142 valence electrons. The molecule has 0 spiro atoms. The number of rotatable bonds is 6. The van der Waals surface area contributed by atoms with Gasteiger partial charge in [-0.1, -0.05) is 29.8 Å². The molecule has 1 aromatic carbocycles. The van der Waals surface area contributed by atoms with Gasteiger partial charge in [-0.2, -0.15) is 0 Å². The minimum absolute atomic E-state index is 0.0860. The standard InChI is InChI=1S/C21H24ClN3O2/c1-24(14-17-3-2-11-23-13-17)21(27)18-6-9-20(26)25(15-18)12-10-16-4-7-19(22)8-5-16/h2-5,7-8,11,13,18H,6,9-10,12,14-15H2,1H3/t18-/m1/s1. The van der Waals surface area contributed by atoms with Crippen LogP contribution in [0.3, 0.4) is 0 Å². The second-order valence-corrected chi connectivity index (χ2v) is 7.44. The van der Waals surface area contributed by atoms with E-state index >= 15 is 0 Å². The van der Waals surface area contributed by atoms with Crippen molar-refractivity contribution < 1.29 is 9.59 Å². The Morgan fingerprint density at radius 3 is 2.74 bits per heavy atom. The fraction of sp³-hybridized carbons (Fsp3) is 0.381. The second kappa shape index (κ2) is 9.00. The Kier molecular flexibility index (Phi) is 6.45. The highest BCUT2D eigenvalue weighted by Gasteiger charge is 2.31. The van der Waals surface area contributed by atoms with Gasteiger partial charge in [-0.05, 0) is 42.2 Å². The zero-order valence-corrected chi connectivity index (χ0v) is 16.2. The molecule has 0 saturated carbocycles. The van der Waals surface area contributed by atoms with Gasteiger partial charge < -0.3 is 9.80 Å². The molecule has 2 aromatic rings. The lowest BCUT2D eigenvalue weighted by molar-refractivity contribution is -0.142. The molecule has 0 unspecified atom stereocenters. The predicted molar refractivity (Wildman–Crippen MR) is 105 cm³/mol. The SMILES string of the molecule is CN(Cc1cccnc1)C(=O)[C@@H]1CCC(=O)N(CCc2ccc(Cl)cc2)C1. The van der Waals surface area contributed by atoms with E-state index in [1.54, 1.807) is 17.3 Å². The van der Waals surface area contributed by atoms with E-state index in [4.69, 9.17) is 11.6 Å². The maximum Gasteiger partial charge on any atom is 0.227 e. The summed E-state index contributed by atoms with van der Waals surface area (Å²) < 4.78 is 0. The maximum absolute atomic E-state index is 12.8. The van der Waals surface area contributed by atoms with Crippen molar-refractivity contribution in [3.05, 3.63) is 64.9 Å². The Morgan fingerprint density at radius 2 is 2.04 bits per heavy atom. The molecule has 0 N–H and O–H groups in total. The molecule has 0 aliphatic carbocycles. The van der Waals surface area contributed by atoms with E-state index < -0.39 is 0 Å². The van der Waals surface area contributed by atoms with Crippen LogP contribution in [0.15, 0.2) is 48.8 Å². The molecule has 0 radical (unpaired) electrons. The van der Waals surface area contributed by atoms with Crippen LogP contribution >= 0.6 is 11.6 Å². The van der Waals surface area contributed by atoms with Crippen LogP contribution < -0.4 is 0 Å². The number of nitrogens with zero attached hydrogens (tertiary/aromatic N) is 3. The number of piperidine rings is 1. The molecule has 1 atom stereocenters.